The zero-order valence-electron chi connectivity index (χ0n) is 13.5. The van der Waals surface area contributed by atoms with Crippen molar-refractivity contribution in [2.75, 3.05) is 10.6 Å². The van der Waals surface area contributed by atoms with Gasteiger partial charge in [-0.1, -0.05) is 44.2 Å². The largest absolute Gasteiger partial charge is 0.266 e. The number of nitriles is 1. The third kappa shape index (κ3) is 4.33. The SMILES string of the molecule is CC(C)c1ccc(CN(c2cccc(C#N)c2)S(C)(=O)=O)cc1. The van der Waals surface area contributed by atoms with Gasteiger partial charge in [-0.25, -0.2) is 8.42 Å². The Morgan fingerprint density at radius 2 is 1.78 bits per heavy atom. The van der Waals surface area contributed by atoms with Crippen LogP contribution in [0.1, 0.15) is 36.5 Å². The second-order valence-corrected chi connectivity index (χ2v) is 7.73. The van der Waals surface area contributed by atoms with Crippen LogP contribution in [0.2, 0.25) is 0 Å². The molecule has 0 N–H and O–H groups in total. The molecule has 0 saturated carbocycles. The average molecular weight is 328 g/mol. The first-order chi connectivity index (χ1) is 10.8. The predicted molar refractivity (Wildman–Crippen MR) is 92.7 cm³/mol. The Balaban J connectivity index is 2.35. The molecule has 2 aromatic carbocycles. The Morgan fingerprint density at radius 3 is 2.30 bits per heavy atom. The van der Waals surface area contributed by atoms with Crippen LogP contribution in [0.4, 0.5) is 5.69 Å². The van der Waals surface area contributed by atoms with Gasteiger partial charge in [0.1, 0.15) is 0 Å². The van der Waals surface area contributed by atoms with Crippen LogP contribution in [-0.4, -0.2) is 14.7 Å². The van der Waals surface area contributed by atoms with E-state index in [4.69, 9.17) is 5.26 Å². The first-order valence-corrected chi connectivity index (χ1v) is 9.23. The maximum atomic E-state index is 12.2. The van der Waals surface area contributed by atoms with E-state index < -0.39 is 10.0 Å². The summed E-state index contributed by atoms with van der Waals surface area (Å²) in [5.41, 5.74) is 3.05. The monoisotopic (exact) mass is 328 g/mol. The fourth-order valence-electron chi connectivity index (χ4n) is 2.30. The Hall–Kier alpha value is -2.32. The first kappa shape index (κ1) is 17.0. The van der Waals surface area contributed by atoms with Gasteiger partial charge in [-0.15, -0.1) is 0 Å². The summed E-state index contributed by atoms with van der Waals surface area (Å²) < 4.78 is 25.6. The van der Waals surface area contributed by atoms with Gasteiger partial charge in [0.15, 0.2) is 0 Å². The van der Waals surface area contributed by atoms with Crippen molar-refractivity contribution >= 4 is 15.7 Å². The zero-order valence-corrected chi connectivity index (χ0v) is 14.3. The van der Waals surface area contributed by atoms with Gasteiger partial charge in [0, 0.05) is 0 Å². The molecule has 2 rings (SSSR count). The van der Waals surface area contributed by atoms with Crippen molar-refractivity contribution < 1.29 is 8.42 Å². The minimum absolute atomic E-state index is 0.242. The molecule has 0 aliphatic carbocycles. The molecule has 120 valence electrons. The molecule has 0 radical (unpaired) electrons. The van der Waals surface area contributed by atoms with Gasteiger partial charge < -0.3 is 0 Å². The molecule has 0 spiro atoms. The lowest BCUT2D eigenvalue weighted by Crippen LogP contribution is -2.29. The molecule has 2 aromatic rings. The zero-order chi connectivity index (χ0) is 17.0. The van der Waals surface area contributed by atoms with Crippen LogP contribution >= 0.6 is 0 Å². The third-order valence-electron chi connectivity index (χ3n) is 3.64. The number of anilines is 1. The van der Waals surface area contributed by atoms with Crippen LogP contribution in [-0.2, 0) is 16.6 Å². The molecule has 0 atom stereocenters. The summed E-state index contributed by atoms with van der Waals surface area (Å²) in [5, 5.41) is 9.00. The van der Waals surface area contributed by atoms with Crippen molar-refractivity contribution in [2.45, 2.75) is 26.3 Å². The number of benzene rings is 2. The summed E-state index contributed by atoms with van der Waals surface area (Å²) in [5.74, 6) is 0.433. The highest BCUT2D eigenvalue weighted by molar-refractivity contribution is 7.92. The fourth-order valence-corrected chi connectivity index (χ4v) is 3.18. The lowest BCUT2D eigenvalue weighted by Gasteiger charge is -2.23. The van der Waals surface area contributed by atoms with E-state index in [0.717, 1.165) is 5.56 Å². The van der Waals surface area contributed by atoms with E-state index in [1.807, 2.05) is 30.3 Å². The summed E-state index contributed by atoms with van der Waals surface area (Å²) in [6.07, 6.45) is 1.18. The van der Waals surface area contributed by atoms with Crippen molar-refractivity contribution in [1.82, 2.24) is 0 Å². The van der Waals surface area contributed by atoms with Gasteiger partial charge in [-0.05, 0) is 35.2 Å². The summed E-state index contributed by atoms with van der Waals surface area (Å²) in [7, 11) is -3.44. The summed E-state index contributed by atoms with van der Waals surface area (Å²) in [6.45, 7) is 4.47. The molecule has 4 nitrogen and oxygen atoms in total. The van der Waals surface area contributed by atoms with E-state index >= 15 is 0 Å². The van der Waals surface area contributed by atoms with Crippen LogP contribution in [0.25, 0.3) is 0 Å². The highest BCUT2D eigenvalue weighted by atomic mass is 32.2. The molecule has 0 saturated heterocycles. The Morgan fingerprint density at radius 1 is 1.13 bits per heavy atom. The van der Waals surface area contributed by atoms with Crippen molar-refractivity contribution in [3.05, 3.63) is 65.2 Å². The van der Waals surface area contributed by atoms with E-state index in [-0.39, 0.29) is 6.54 Å². The van der Waals surface area contributed by atoms with Crippen molar-refractivity contribution in [1.29, 1.82) is 5.26 Å². The second-order valence-electron chi connectivity index (χ2n) is 5.83. The topological polar surface area (TPSA) is 61.2 Å². The minimum atomic E-state index is -3.44. The number of rotatable bonds is 5. The molecule has 0 aromatic heterocycles. The smallest absolute Gasteiger partial charge is 0.232 e. The van der Waals surface area contributed by atoms with E-state index in [9.17, 15) is 8.42 Å². The molecule has 0 aliphatic rings. The number of hydrogen-bond acceptors (Lipinski definition) is 3. The van der Waals surface area contributed by atoms with Crippen LogP contribution < -0.4 is 4.31 Å². The first-order valence-electron chi connectivity index (χ1n) is 7.38. The number of hydrogen-bond donors (Lipinski definition) is 0. The predicted octanol–water partition coefficient (Wildman–Crippen LogP) is 3.65. The van der Waals surface area contributed by atoms with Crippen LogP contribution in [0.5, 0.6) is 0 Å². The molecular weight excluding hydrogens is 308 g/mol. The van der Waals surface area contributed by atoms with E-state index in [1.165, 1.54) is 16.1 Å². The molecular formula is C18H20N2O2S. The maximum absolute atomic E-state index is 12.2. The molecule has 0 aliphatic heterocycles. The lowest BCUT2D eigenvalue weighted by atomic mass is 10.0. The van der Waals surface area contributed by atoms with Gasteiger partial charge in [-0.3, -0.25) is 4.31 Å². The molecule has 5 heteroatoms. The van der Waals surface area contributed by atoms with E-state index in [2.05, 4.69) is 13.8 Å². The van der Waals surface area contributed by atoms with Gasteiger partial charge in [0.05, 0.1) is 30.1 Å². The maximum Gasteiger partial charge on any atom is 0.232 e. The second kappa shape index (κ2) is 6.84. The molecule has 0 amide bonds. The molecule has 0 fully saturated rings. The summed E-state index contributed by atoms with van der Waals surface area (Å²) in [4.78, 5) is 0. The van der Waals surface area contributed by atoms with Crippen molar-refractivity contribution in [2.24, 2.45) is 0 Å². The average Bonchev–Trinajstić information content (AvgIpc) is 2.52. The highest BCUT2D eigenvalue weighted by Gasteiger charge is 2.18. The Bertz CT molecular complexity index is 819. The molecule has 23 heavy (non-hydrogen) atoms. The minimum Gasteiger partial charge on any atom is -0.266 e. The van der Waals surface area contributed by atoms with Crippen LogP contribution in [0.15, 0.2) is 48.5 Å². The normalized spacial score (nSPS) is 11.3. The highest BCUT2D eigenvalue weighted by Crippen LogP contribution is 2.22. The summed E-state index contributed by atoms with van der Waals surface area (Å²) >= 11 is 0. The third-order valence-corrected chi connectivity index (χ3v) is 4.78. The Labute approximate surface area is 138 Å². The van der Waals surface area contributed by atoms with E-state index in [1.54, 1.807) is 24.3 Å². The fraction of sp³-hybridized carbons (Fsp3) is 0.278. The van der Waals surface area contributed by atoms with Crippen LogP contribution in [0.3, 0.4) is 0 Å². The van der Waals surface area contributed by atoms with Gasteiger partial charge in [0.2, 0.25) is 10.0 Å². The lowest BCUT2D eigenvalue weighted by molar-refractivity contribution is 0.596. The quantitative estimate of drug-likeness (QED) is 0.841. The molecule has 0 unspecified atom stereocenters. The Kier molecular flexibility index (Phi) is 5.07. The van der Waals surface area contributed by atoms with Crippen molar-refractivity contribution in [3.8, 4) is 6.07 Å². The van der Waals surface area contributed by atoms with Gasteiger partial charge in [-0.2, -0.15) is 5.26 Å². The van der Waals surface area contributed by atoms with Crippen LogP contribution in [0, 0.1) is 11.3 Å². The summed E-state index contributed by atoms with van der Waals surface area (Å²) in [6, 6.07) is 16.6. The van der Waals surface area contributed by atoms with Gasteiger partial charge in [0.25, 0.3) is 0 Å². The van der Waals surface area contributed by atoms with Crippen molar-refractivity contribution in [3.63, 3.8) is 0 Å². The number of sulfonamides is 1. The standard InChI is InChI=1S/C18H20N2O2S/c1-14(2)17-9-7-15(8-10-17)13-20(23(3,21)22)18-6-4-5-16(11-18)12-19/h4-11,14H,13H2,1-3H3. The molecule has 0 heterocycles. The number of nitrogens with zero attached hydrogens (tertiary/aromatic N) is 2. The van der Waals surface area contributed by atoms with E-state index in [0.29, 0.717) is 17.2 Å². The van der Waals surface area contributed by atoms with Gasteiger partial charge >= 0.3 is 0 Å². The molecule has 0 bridgehead atoms.